The van der Waals surface area contributed by atoms with Crippen molar-refractivity contribution in [3.05, 3.63) is 258 Å². The molecule has 0 saturated heterocycles. The molecule has 72 heavy (non-hydrogen) atoms. The second-order valence-electron chi connectivity index (χ2n) is 19.2. The summed E-state index contributed by atoms with van der Waals surface area (Å²) in [6, 6.07) is 88.2. The van der Waals surface area contributed by atoms with Gasteiger partial charge in [-0.05, 0) is 18.2 Å². The second kappa shape index (κ2) is 18.8. The standard InChI is InChI=1S/C64H50BN5O.Pt/c1-64(2,3)50-42-48(46-23-8-4-9-24-46)41-49(43-50)56-34-21-33-55(47-25-10-5-11-26-47)63(56)68-45-67(57-35-16-17-36-58(57)68)53-31-20-32-54(44-53)71-62-40-22-39-61(66-62)70-60-38-19-18-37-59(60)69(52-29-14-7-15-30-52)65(70)51-27-12-6-13-28-51;/h4-44H,1-3H3;. The van der Waals surface area contributed by atoms with Gasteiger partial charge in [-0.15, -0.1) is 0 Å². The fourth-order valence-electron chi connectivity index (χ4n) is 10.1. The molecular formula is C64H50BN5OPt. The Morgan fingerprint density at radius 1 is 0.444 bits per heavy atom. The van der Waals surface area contributed by atoms with Crippen molar-refractivity contribution >= 4 is 46.4 Å². The minimum atomic E-state index is -0.186. The van der Waals surface area contributed by atoms with E-state index in [1.54, 1.807) is 0 Å². The van der Waals surface area contributed by atoms with E-state index >= 15 is 0 Å². The Labute approximate surface area is 432 Å². The fourth-order valence-corrected chi connectivity index (χ4v) is 11.2. The number of pyridine rings is 1. The number of hydrogen-bond acceptors (Lipinski definition) is 4. The van der Waals surface area contributed by atoms with Crippen molar-refractivity contribution in [2.45, 2.75) is 26.2 Å². The van der Waals surface area contributed by atoms with Crippen LogP contribution < -0.4 is 19.8 Å². The first-order valence-corrected chi connectivity index (χ1v) is 25.5. The second-order valence-corrected chi connectivity index (χ2v) is 20.2. The van der Waals surface area contributed by atoms with E-state index in [9.17, 15) is 0 Å². The molecule has 3 heterocycles. The Kier molecular flexibility index (Phi) is 11.7. The third-order valence-electron chi connectivity index (χ3n) is 13.5. The molecule has 0 spiro atoms. The van der Waals surface area contributed by atoms with Gasteiger partial charge in [0.25, 0.3) is 0 Å². The van der Waals surface area contributed by atoms with Gasteiger partial charge in [0.2, 0.25) is 0 Å². The number of rotatable bonds is 10. The van der Waals surface area contributed by atoms with E-state index in [4.69, 9.17) is 9.72 Å². The number of ether oxygens (including phenoxy) is 1. The first-order valence-electron chi connectivity index (χ1n) is 24.4. The van der Waals surface area contributed by atoms with Crippen molar-refractivity contribution in [3.8, 4) is 56.4 Å². The predicted octanol–water partition coefficient (Wildman–Crippen LogP) is 15.7. The Morgan fingerprint density at radius 3 is 1.68 bits per heavy atom. The summed E-state index contributed by atoms with van der Waals surface area (Å²) in [5.74, 6) is 1.97. The summed E-state index contributed by atoms with van der Waals surface area (Å²) >= 11 is 2.52. The van der Waals surface area contributed by atoms with Crippen LogP contribution in [-0.4, -0.2) is 21.1 Å². The van der Waals surface area contributed by atoms with E-state index in [0.29, 0.717) is 11.6 Å². The molecule has 6 nitrogen and oxygen atoms in total. The van der Waals surface area contributed by atoms with Crippen LogP contribution in [0, 0.1) is 3.80 Å². The monoisotopic (exact) mass is 1110 g/mol. The van der Waals surface area contributed by atoms with Crippen molar-refractivity contribution in [1.82, 2.24) is 14.1 Å². The predicted molar refractivity (Wildman–Crippen MR) is 294 cm³/mol. The normalized spacial score (nSPS) is 12.4. The third kappa shape index (κ3) is 8.30. The van der Waals surface area contributed by atoms with Crippen molar-refractivity contribution < 1.29 is 24.1 Å². The minimum absolute atomic E-state index is 0.0772. The zero-order valence-corrected chi connectivity index (χ0v) is 42.5. The number of nitrogens with zero attached hydrogens (tertiary/aromatic N) is 5. The summed E-state index contributed by atoms with van der Waals surface area (Å²) in [6.45, 7) is 6.71. The van der Waals surface area contributed by atoms with E-state index in [2.05, 4.69) is 289 Å². The summed E-state index contributed by atoms with van der Waals surface area (Å²) < 4.78 is 12.6. The Bertz CT molecular complexity index is 3810. The van der Waals surface area contributed by atoms with Gasteiger partial charge in [-0.25, -0.2) is 0 Å². The van der Waals surface area contributed by atoms with Gasteiger partial charge in [0.05, 0.1) is 0 Å². The molecule has 0 aliphatic carbocycles. The van der Waals surface area contributed by atoms with Crippen LogP contribution >= 0.6 is 0 Å². The van der Waals surface area contributed by atoms with Crippen LogP contribution in [0.4, 0.5) is 22.9 Å². The SMILES string of the molecule is CC(C)(C)c1cc(-c2ccccc2)cc(-c2cccc(-c3ccccc3)c2-n2[c](=[Pt])n(-c3cccc(Oc4cccc(N5B(c6ccccc6)N(c6ccccc6)c6ccccc65)n4)c3)c3ccccc32)c1. The number of hydrogen-bond donors (Lipinski definition) is 0. The van der Waals surface area contributed by atoms with E-state index < -0.39 is 0 Å². The number of fused-ring (bicyclic) bond motifs is 2. The number of aromatic nitrogens is 3. The molecule has 1 aliphatic heterocycles. The molecule has 0 N–H and O–H groups in total. The first kappa shape index (κ1) is 44.9. The molecule has 2 aromatic heterocycles. The van der Waals surface area contributed by atoms with Crippen molar-refractivity contribution in [2.75, 3.05) is 9.62 Å². The van der Waals surface area contributed by atoms with Crippen LogP contribution in [0.1, 0.15) is 26.3 Å². The molecule has 0 unspecified atom stereocenters. The van der Waals surface area contributed by atoms with E-state index in [0.717, 1.165) is 71.2 Å². The molecule has 12 rings (SSSR count). The van der Waals surface area contributed by atoms with Gasteiger partial charge in [-0.1, -0.05) is 60.7 Å². The van der Waals surface area contributed by atoms with Crippen LogP contribution in [0.25, 0.3) is 55.8 Å². The van der Waals surface area contributed by atoms with Crippen LogP contribution in [-0.2, 0) is 24.8 Å². The van der Waals surface area contributed by atoms with E-state index in [-0.39, 0.29) is 12.4 Å². The number of para-hydroxylation sites is 6. The molecule has 0 bridgehead atoms. The molecule has 0 amide bonds. The van der Waals surface area contributed by atoms with Crippen molar-refractivity contribution in [3.63, 3.8) is 0 Å². The van der Waals surface area contributed by atoms with Crippen LogP contribution in [0.5, 0.6) is 11.6 Å². The zero-order valence-electron chi connectivity index (χ0n) is 40.2. The summed E-state index contributed by atoms with van der Waals surface area (Å²) in [5, 5.41) is 0. The van der Waals surface area contributed by atoms with Crippen LogP contribution in [0.15, 0.2) is 249 Å². The summed E-state index contributed by atoms with van der Waals surface area (Å²) in [4.78, 5) is 9.97. The molecule has 8 heteroatoms. The van der Waals surface area contributed by atoms with E-state index in [1.807, 2.05) is 18.2 Å². The summed E-state index contributed by atoms with van der Waals surface area (Å²) in [5.41, 5.74) is 16.9. The molecule has 9 aromatic carbocycles. The van der Waals surface area contributed by atoms with Gasteiger partial charge >= 0.3 is 350 Å². The molecule has 0 saturated carbocycles. The van der Waals surface area contributed by atoms with Gasteiger partial charge in [-0.2, -0.15) is 0 Å². The molecular weight excluding hydrogens is 1060 g/mol. The van der Waals surface area contributed by atoms with Crippen molar-refractivity contribution in [1.29, 1.82) is 0 Å². The summed E-state index contributed by atoms with van der Waals surface area (Å²) in [7, 11) is 0. The maximum atomic E-state index is 6.79. The Hall–Kier alpha value is -8.25. The van der Waals surface area contributed by atoms with Gasteiger partial charge in [0.1, 0.15) is 0 Å². The van der Waals surface area contributed by atoms with Crippen LogP contribution in [0.2, 0.25) is 0 Å². The number of imidazole rings is 1. The molecule has 0 radical (unpaired) electrons. The quantitative estimate of drug-likeness (QED) is 0.128. The van der Waals surface area contributed by atoms with Crippen LogP contribution in [0.3, 0.4) is 0 Å². The topological polar surface area (TPSA) is 38.5 Å². The fraction of sp³-hybridized carbons (Fsp3) is 0.0625. The maximum absolute atomic E-state index is 6.79. The van der Waals surface area contributed by atoms with Gasteiger partial charge in [0, 0.05) is 5.69 Å². The molecule has 11 aromatic rings. The average Bonchev–Trinajstić information content (AvgIpc) is 3.93. The molecule has 350 valence electrons. The first-order chi connectivity index (χ1) is 35.3. The number of anilines is 4. The average molecular weight is 1110 g/mol. The Balaban J connectivity index is 0.972. The number of benzene rings is 9. The van der Waals surface area contributed by atoms with Gasteiger partial charge < -0.3 is 0 Å². The molecule has 0 fully saturated rings. The van der Waals surface area contributed by atoms with Crippen molar-refractivity contribution in [2.24, 2.45) is 0 Å². The Morgan fingerprint density at radius 2 is 0.986 bits per heavy atom. The zero-order chi connectivity index (χ0) is 48.8. The molecule has 1 aliphatic rings. The van der Waals surface area contributed by atoms with E-state index in [1.165, 1.54) is 22.3 Å². The third-order valence-corrected chi connectivity index (χ3v) is 14.6. The van der Waals surface area contributed by atoms with Gasteiger partial charge in [-0.3, -0.25) is 0 Å². The summed E-state index contributed by atoms with van der Waals surface area (Å²) in [6.07, 6.45) is 0. The van der Waals surface area contributed by atoms with Gasteiger partial charge in [0.15, 0.2) is 0 Å². The molecule has 0 atom stereocenters.